The Morgan fingerprint density at radius 1 is 1.30 bits per heavy atom. The SMILES string of the molecule is CC=CCSSCCCC. The first-order valence-corrected chi connectivity index (χ1v) is 6.26. The topological polar surface area (TPSA) is 0 Å². The lowest BCUT2D eigenvalue weighted by Crippen LogP contribution is -1.73. The lowest BCUT2D eigenvalue weighted by atomic mass is 10.4. The molecule has 0 aromatic heterocycles. The van der Waals surface area contributed by atoms with E-state index in [9.17, 15) is 0 Å². The van der Waals surface area contributed by atoms with Gasteiger partial charge in [0, 0.05) is 11.5 Å². The Balaban J connectivity index is 2.77. The zero-order valence-corrected chi connectivity index (χ0v) is 8.43. The van der Waals surface area contributed by atoms with E-state index in [4.69, 9.17) is 0 Å². The summed E-state index contributed by atoms with van der Waals surface area (Å²) in [7, 11) is 3.93. The van der Waals surface area contributed by atoms with E-state index in [-0.39, 0.29) is 0 Å². The molecule has 10 heavy (non-hydrogen) atoms. The van der Waals surface area contributed by atoms with Gasteiger partial charge >= 0.3 is 0 Å². The van der Waals surface area contributed by atoms with E-state index in [1.807, 2.05) is 21.6 Å². The Bertz CT molecular complexity index is 79.3. The third-order valence-corrected chi connectivity index (χ3v) is 3.42. The van der Waals surface area contributed by atoms with Crippen molar-refractivity contribution in [3.8, 4) is 0 Å². The first kappa shape index (κ1) is 10.4. The predicted molar refractivity (Wildman–Crippen MR) is 54.6 cm³/mol. The maximum atomic E-state index is 2.23. The second-order valence-electron chi connectivity index (χ2n) is 2.03. The molecule has 0 saturated carbocycles. The summed E-state index contributed by atoms with van der Waals surface area (Å²) in [5.41, 5.74) is 0. The van der Waals surface area contributed by atoms with Crippen LogP contribution >= 0.6 is 21.6 Å². The average molecular weight is 176 g/mol. The number of hydrogen-bond donors (Lipinski definition) is 0. The highest BCUT2D eigenvalue weighted by atomic mass is 33.1. The molecule has 0 aliphatic heterocycles. The van der Waals surface area contributed by atoms with E-state index in [1.54, 1.807) is 0 Å². The molecule has 0 atom stereocenters. The molecular weight excluding hydrogens is 160 g/mol. The van der Waals surface area contributed by atoms with Gasteiger partial charge in [0.2, 0.25) is 0 Å². The summed E-state index contributed by atoms with van der Waals surface area (Å²) in [5.74, 6) is 2.46. The van der Waals surface area contributed by atoms with Crippen LogP contribution in [0.4, 0.5) is 0 Å². The molecule has 0 radical (unpaired) electrons. The fourth-order valence-corrected chi connectivity index (χ4v) is 2.57. The maximum Gasteiger partial charge on any atom is 0.0217 e. The minimum absolute atomic E-state index is 1.16. The number of rotatable bonds is 6. The van der Waals surface area contributed by atoms with Crippen molar-refractivity contribution in [3.63, 3.8) is 0 Å². The molecule has 0 amide bonds. The van der Waals surface area contributed by atoms with Gasteiger partial charge in [0.05, 0.1) is 0 Å². The highest BCUT2D eigenvalue weighted by Crippen LogP contribution is 2.21. The van der Waals surface area contributed by atoms with Crippen LogP contribution in [0, 0.1) is 0 Å². The molecule has 0 aromatic rings. The van der Waals surface area contributed by atoms with Crippen molar-refractivity contribution >= 4 is 21.6 Å². The molecule has 0 rings (SSSR count). The van der Waals surface area contributed by atoms with Crippen LogP contribution in [-0.4, -0.2) is 11.5 Å². The van der Waals surface area contributed by atoms with Gasteiger partial charge in [-0.05, 0) is 13.3 Å². The van der Waals surface area contributed by atoms with Crippen LogP contribution in [0.5, 0.6) is 0 Å². The van der Waals surface area contributed by atoms with Crippen LogP contribution in [-0.2, 0) is 0 Å². The average Bonchev–Trinajstić information content (AvgIpc) is 1.97. The van der Waals surface area contributed by atoms with Crippen LogP contribution in [0.2, 0.25) is 0 Å². The first-order valence-electron chi connectivity index (χ1n) is 3.77. The van der Waals surface area contributed by atoms with Crippen LogP contribution in [0.1, 0.15) is 26.7 Å². The molecule has 0 saturated heterocycles. The zero-order valence-electron chi connectivity index (χ0n) is 6.80. The maximum absolute atomic E-state index is 2.23. The summed E-state index contributed by atoms with van der Waals surface area (Å²) >= 11 is 0. The van der Waals surface area contributed by atoms with E-state index >= 15 is 0 Å². The van der Waals surface area contributed by atoms with Gasteiger partial charge in [-0.15, -0.1) is 0 Å². The third-order valence-electron chi connectivity index (χ3n) is 1.06. The van der Waals surface area contributed by atoms with Gasteiger partial charge in [-0.25, -0.2) is 0 Å². The molecule has 0 fully saturated rings. The molecule has 0 spiro atoms. The highest BCUT2D eigenvalue weighted by Gasteiger charge is 1.85. The van der Waals surface area contributed by atoms with Gasteiger partial charge in [0.25, 0.3) is 0 Å². The van der Waals surface area contributed by atoms with Crippen LogP contribution < -0.4 is 0 Å². The Labute approximate surface area is 72.3 Å². The zero-order chi connectivity index (χ0) is 7.66. The summed E-state index contributed by atoms with van der Waals surface area (Å²) < 4.78 is 0. The van der Waals surface area contributed by atoms with Crippen molar-refractivity contribution in [2.75, 3.05) is 11.5 Å². The number of unbranched alkanes of at least 4 members (excludes halogenated alkanes) is 1. The van der Waals surface area contributed by atoms with Crippen molar-refractivity contribution in [1.82, 2.24) is 0 Å². The number of allylic oxidation sites excluding steroid dienone is 1. The molecule has 0 heterocycles. The molecule has 0 aliphatic rings. The summed E-state index contributed by atoms with van der Waals surface area (Å²) in [5, 5.41) is 0. The minimum Gasteiger partial charge on any atom is -0.0938 e. The molecule has 0 bridgehead atoms. The van der Waals surface area contributed by atoms with E-state index in [0.29, 0.717) is 0 Å². The van der Waals surface area contributed by atoms with Gasteiger partial charge in [0.1, 0.15) is 0 Å². The Morgan fingerprint density at radius 3 is 2.70 bits per heavy atom. The molecule has 0 aromatic carbocycles. The molecule has 0 N–H and O–H groups in total. The Morgan fingerprint density at radius 2 is 2.10 bits per heavy atom. The van der Waals surface area contributed by atoms with Gasteiger partial charge in [-0.2, -0.15) is 0 Å². The largest absolute Gasteiger partial charge is 0.0938 e. The summed E-state index contributed by atoms with van der Waals surface area (Å²) in [6, 6.07) is 0. The summed E-state index contributed by atoms with van der Waals surface area (Å²) in [4.78, 5) is 0. The first-order chi connectivity index (χ1) is 4.91. The second kappa shape index (κ2) is 9.44. The fourth-order valence-electron chi connectivity index (χ4n) is 0.446. The standard InChI is InChI=1S/C8H16S2/c1-3-5-7-9-10-8-6-4-2/h3,5H,4,6-8H2,1-2H3. The van der Waals surface area contributed by atoms with Crippen LogP contribution in [0.3, 0.4) is 0 Å². The molecule has 2 heteroatoms. The van der Waals surface area contributed by atoms with Gasteiger partial charge in [-0.3, -0.25) is 0 Å². The molecule has 60 valence electrons. The van der Waals surface area contributed by atoms with E-state index in [0.717, 1.165) is 5.75 Å². The van der Waals surface area contributed by atoms with Crippen molar-refractivity contribution in [2.24, 2.45) is 0 Å². The van der Waals surface area contributed by atoms with E-state index in [1.165, 1.54) is 18.6 Å². The summed E-state index contributed by atoms with van der Waals surface area (Å²) in [6.07, 6.45) is 6.97. The Kier molecular flexibility index (Phi) is 9.86. The molecule has 0 nitrogen and oxygen atoms in total. The van der Waals surface area contributed by atoms with Gasteiger partial charge in [0.15, 0.2) is 0 Å². The normalized spacial score (nSPS) is 11.0. The predicted octanol–water partition coefficient (Wildman–Crippen LogP) is 3.74. The van der Waals surface area contributed by atoms with E-state index in [2.05, 4.69) is 26.0 Å². The smallest absolute Gasteiger partial charge is 0.0217 e. The monoisotopic (exact) mass is 176 g/mol. The fraction of sp³-hybridized carbons (Fsp3) is 0.750. The lowest BCUT2D eigenvalue weighted by Gasteiger charge is -1.94. The third kappa shape index (κ3) is 8.44. The van der Waals surface area contributed by atoms with E-state index < -0.39 is 0 Å². The summed E-state index contributed by atoms with van der Waals surface area (Å²) in [6.45, 7) is 4.30. The van der Waals surface area contributed by atoms with Gasteiger partial charge in [-0.1, -0.05) is 47.1 Å². The molecular formula is C8H16S2. The van der Waals surface area contributed by atoms with Crippen molar-refractivity contribution in [1.29, 1.82) is 0 Å². The molecule has 0 aliphatic carbocycles. The minimum atomic E-state index is 1.16. The van der Waals surface area contributed by atoms with Crippen LogP contribution in [0.15, 0.2) is 12.2 Å². The van der Waals surface area contributed by atoms with Gasteiger partial charge < -0.3 is 0 Å². The molecule has 0 unspecified atom stereocenters. The quantitative estimate of drug-likeness (QED) is 0.343. The Hall–Kier alpha value is 0.440. The van der Waals surface area contributed by atoms with Crippen LogP contribution in [0.25, 0.3) is 0 Å². The number of hydrogen-bond acceptors (Lipinski definition) is 2. The lowest BCUT2D eigenvalue weighted by molar-refractivity contribution is 0.898. The second-order valence-corrected chi connectivity index (χ2v) is 4.66. The van der Waals surface area contributed by atoms with Crippen molar-refractivity contribution in [3.05, 3.63) is 12.2 Å². The van der Waals surface area contributed by atoms with Crippen molar-refractivity contribution in [2.45, 2.75) is 26.7 Å². The van der Waals surface area contributed by atoms with Crippen molar-refractivity contribution < 1.29 is 0 Å². The highest BCUT2D eigenvalue weighted by molar-refractivity contribution is 8.76.